The first kappa shape index (κ1) is 9.68. The minimum Gasteiger partial charge on any atom is -0.298 e. The number of aryl methyl sites for hydroxylation is 1. The van der Waals surface area contributed by atoms with Gasteiger partial charge < -0.3 is 0 Å². The molecule has 0 unspecified atom stereocenters. The van der Waals surface area contributed by atoms with Crippen LogP contribution in [0.5, 0.6) is 0 Å². The number of alkyl halides is 1. The molecule has 0 aromatic carbocycles. The molecule has 0 aliphatic heterocycles. The van der Waals surface area contributed by atoms with Crippen molar-refractivity contribution >= 4 is 33.2 Å². The zero-order valence-corrected chi connectivity index (χ0v) is 9.01. The lowest BCUT2D eigenvalue weighted by Gasteiger charge is -2.02. The SMILES string of the molecule is O=c1c2sccc2ncn1CCCCl. The molecule has 2 rings (SSSR count). The highest BCUT2D eigenvalue weighted by Crippen LogP contribution is 2.13. The van der Waals surface area contributed by atoms with Crippen LogP contribution in [0.3, 0.4) is 0 Å². The monoisotopic (exact) mass is 228 g/mol. The summed E-state index contributed by atoms with van der Waals surface area (Å²) in [6, 6.07) is 1.85. The van der Waals surface area contributed by atoms with Crippen LogP contribution in [0.2, 0.25) is 0 Å². The van der Waals surface area contributed by atoms with Gasteiger partial charge in [-0.1, -0.05) is 0 Å². The fraction of sp³-hybridized carbons (Fsp3) is 0.333. The van der Waals surface area contributed by atoms with Crippen LogP contribution in [-0.4, -0.2) is 15.4 Å². The largest absolute Gasteiger partial charge is 0.298 e. The van der Waals surface area contributed by atoms with E-state index in [1.807, 2.05) is 11.4 Å². The predicted molar refractivity (Wildman–Crippen MR) is 59.2 cm³/mol. The Kier molecular flexibility index (Phi) is 2.84. The van der Waals surface area contributed by atoms with Crippen molar-refractivity contribution in [2.45, 2.75) is 13.0 Å². The van der Waals surface area contributed by atoms with E-state index in [0.29, 0.717) is 12.4 Å². The number of thiophene rings is 1. The lowest BCUT2D eigenvalue weighted by molar-refractivity contribution is 0.651. The predicted octanol–water partition coefficient (Wildman–Crippen LogP) is 2.09. The molecule has 0 N–H and O–H groups in total. The highest BCUT2D eigenvalue weighted by atomic mass is 35.5. The molecule has 0 bridgehead atoms. The van der Waals surface area contributed by atoms with Gasteiger partial charge in [0.15, 0.2) is 0 Å². The van der Waals surface area contributed by atoms with E-state index in [4.69, 9.17) is 11.6 Å². The van der Waals surface area contributed by atoms with E-state index < -0.39 is 0 Å². The Hall–Kier alpha value is -0.870. The van der Waals surface area contributed by atoms with Crippen molar-refractivity contribution in [1.82, 2.24) is 9.55 Å². The molecule has 14 heavy (non-hydrogen) atoms. The third-order valence-corrected chi connectivity index (χ3v) is 3.13. The summed E-state index contributed by atoms with van der Waals surface area (Å²) in [5, 5.41) is 1.88. The van der Waals surface area contributed by atoms with E-state index in [-0.39, 0.29) is 5.56 Å². The van der Waals surface area contributed by atoms with E-state index in [0.717, 1.165) is 16.6 Å². The van der Waals surface area contributed by atoms with Crippen LogP contribution < -0.4 is 5.56 Å². The average molecular weight is 229 g/mol. The molecule has 0 saturated carbocycles. The lowest BCUT2D eigenvalue weighted by Crippen LogP contribution is -2.19. The third-order valence-electron chi connectivity index (χ3n) is 1.97. The summed E-state index contributed by atoms with van der Waals surface area (Å²) in [6.07, 6.45) is 2.38. The molecule has 0 fully saturated rings. The van der Waals surface area contributed by atoms with Gasteiger partial charge in [0.05, 0.1) is 11.8 Å². The Morgan fingerprint density at radius 1 is 1.57 bits per heavy atom. The van der Waals surface area contributed by atoms with Gasteiger partial charge in [0.25, 0.3) is 5.56 Å². The Balaban J connectivity index is 2.46. The van der Waals surface area contributed by atoms with E-state index in [2.05, 4.69) is 4.98 Å². The van der Waals surface area contributed by atoms with Crippen LogP contribution in [0.15, 0.2) is 22.6 Å². The van der Waals surface area contributed by atoms with Gasteiger partial charge in [-0.15, -0.1) is 22.9 Å². The van der Waals surface area contributed by atoms with Gasteiger partial charge in [0.2, 0.25) is 0 Å². The molecule has 0 spiro atoms. The summed E-state index contributed by atoms with van der Waals surface area (Å²) >= 11 is 7.00. The van der Waals surface area contributed by atoms with Crippen molar-refractivity contribution in [3.8, 4) is 0 Å². The van der Waals surface area contributed by atoms with Crippen LogP contribution in [-0.2, 0) is 6.54 Å². The molecular formula is C9H9ClN2OS. The minimum atomic E-state index is 0.0371. The number of hydrogen-bond donors (Lipinski definition) is 0. The summed E-state index contributed by atoms with van der Waals surface area (Å²) in [7, 11) is 0. The molecular weight excluding hydrogens is 220 g/mol. The maximum atomic E-state index is 11.8. The zero-order valence-electron chi connectivity index (χ0n) is 7.44. The van der Waals surface area contributed by atoms with Gasteiger partial charge >= 0.3 is 0 Å². The second kappa shape index (κ2) is 4.11. The Morgan fingerprint density at radius 3 is 3.21 bits per heavy atom. The van der Waals surface area contributed by atoms with Crippen LogP contribution in [0, 0.1) is 0 Å². The summed E-state index contributed by atoms with van der Waals surface area (Å²) in [5.41, 5.74) is 0.817. The quantitative estimate of drug-likeness (QED) is 0.754. The number of hydrogen-bond acceptors (Lipinski definition) is 3. The van der Waals surface area contributed by atoms with Gasteiger partial charge in [-0.3, -0.25) is 9.36 Å². The molecule has 0 atom stereocenters. The van der Waals surface area contributed by atoms with Crippen molar-refractivity contribution < 1.29 is 0 Å². The average Bonchev–Trinajstić information content (AvgIpc) is 2.66. The number of aromatic nitrogens is 2. The first-order chi connectivity index (χ1) is 6.83. The summed E-state index contributed by atoms with van der Waals surface area (Å²) in [4.78, 5) is 16.0. The van der Waals surface area contributed by atoms with Gasteiger partial charge in [0.1, 0.15) is 4.70 Å². The van der Waals surface area contributed by atoms with Gasteiger partial charge in [-0.05, 0) is 17.9 Å². The van der Waals surface area contributed by atoms with E-state index in [1.165, 1.54) is 11.3 Å². The second-order valence-electron chi connectivity index (χ2n) is 2.92. The molecule has 0 aliphatic carbocycles. The van der Waals surface area contributed by atoms with Crippen molar-refractivity contribution in [2.75, 3.05) is 5.88 Å². The van der Waals surface area contributed by atoms with Crippen molar-refractivity contribution in [1.29, 1.82) is 0 Å². The Bertz CT molecular complexity index is 491. The summed E-state index contributed by atoms with van der Waals surface area (Å²) in [6.45, 7) is 0.642. The Morgan fingerprint density at radius 2 is 2.43 bits per heavy atom. The van der Waals surface area contributed by atoms with E-state index in [1.54, 1.807) is 10.9 Å². The number of fused-ring (bicyclic) bond motifs is 1. The van der Waals surface area contributed by atoms with Gasteiger partial charge in [-0.25, -0.2) is 4.98 Å². The minimum absolute atomic E-state index is 0.0371. The molecule has 0 saturated heterocycles. The fourth-order valence-corrected chi connectivity index (χ4v) is 2.18. The van der Waals surface area contributed by atoms with Crippen LogP contribution >= 0.6 is 22.9 Å². The molecule has 0 amide bonds. The highest BCUT2D eigenvalue weighted by Gasteiger charge is 2.03. The number of rotatable bonds is 3. The van der Waals surface area contributed by atoms with E-state index >= 15 is 0 Å². The summed E-state index contributed by atoms with van der Waals surface area (Å²) < 4.78 is 2.34. The normalized spacial score (nSPS) is 10.9. The zero-order chi connectivity index (χ0) is 9.97. The van der Waals surface area contributed by atoms with Crippen molar-refractivity contribution in [3.05, 3.63) is 28.1 Å². The van der Waals surface area contributed by atoms with Crippen molar-refractivity contribution in [3.63, 3.8) is 0 Å². The Labute approximate surface area is 90.0 Å². The molecule has 5 heteroatoms. The fourth-order valence-electron chi connectivity index (χ4n) is 1.27. The van der Waals surface area contributed by atoms with E-state index in [9.17, 15) is 4.79 Å². The van der Waals surface area contributed by atoms with Crippen molar-refractivity contribution in [2.24, 2.45) is 0 Å². The molecule has 2 heterocycles. The first-order valence-electron chi connectivity index (χ1n) is 4.31. The van der Waals surface area contributed by atoms with Crippen LogP contribution in [0.1, 0.15) is 6.42 Å². The molecule has 0 radical (unpaired) electrons. The standard InChI is InChI=1S/C9H9ClN2OS/c10-3-1-4-12-6-11-7-2-5-14-8(7)9(12)13/h2,5-6H,1,3-4H2. The smallest absolute Gasteiger partial charge is 0.271 e. The molecule has 0 aliphatic rings. The first-order valence-corrected chi connectivity index (χ1v) is 5.73. The summed E-state index contributed by atoms with van der Waals surface area (Å²) in [5.74, 6) is 0.564. The number of nitrogens with zero attached hydrogens (tertiary/aromatic N) is 2. The highest BCUT2D eigenvalue weighted by molar-refractivity contribution is 7.17. The lowest BCUT2D eigenvalue weighted by atomic mass is 10.4. The molecule has 2 aromatic rings. The maximum Gasteiger partial charge on any atom is 0.271 e. The molecule has 74 valence electrons. The maximum absolute atomic E-state index is 11.8. The topological polar surface area (TPSA) is 34.9 Å². The van der Waals surface area contributed by atoms with Gasteiger partial charge in [-0.2, -0.15) is 0 Å². The third kappa shape index (κ3) is 1.67. The van der Waals surface area contributed by atoms with Crippen LogP contribution in [0.4, 0.5) is 0 Å². The van der Waals surface area contributed by atoms with Gasteiger partial charge in [0, 0.05) is 12.4 Å². The molecule has 2 aromatic heterocycles. The number of halogens is 1. The molecule has 3 nitrogen and oxygen atoms in total. The van der Waals surface area contributed by atoms with Crippen LogP contribution in [0.25, 0.3) is 10.2 Å². The second-order valence-corrected chi connectivity index (χ2v) is 4.21.